The van der Waals surface area contributed by atoms with E-state index in [2.05, 4.69) is 5.32 Å². The molecule has 0 bridgehead atoms. The third-order valence-electron chi connectivity index (χ3n) is 5.29. The zero-order chi connectivity index (χ0) is 18.8. The molecule has 3 heterocycles. The molecule has 3 aromatic rings. The highest BCUT2D eigenvalue weighted by Crippen LogP contribution is 2.47. The van der Waals surface area contributed by atoms with E-state index in [1.807, 2.05) is 19.1 Å². The van der Waals surface area contributed by atoms with Gasteiger partial charge in [-0.1, -0.05) is 37.3 Å². The number of para-hydroxylation sites is 2. The van der Waals surface area contributed by atoms with Crippen molar-refractivity contribution in [1.29, 1.82) is 0 Å². The first-order valence-electron chi connectivity index (χ1n) is 8.90. The van der Waals surface area contributed by atoms with Crippen LogP contribution in [-0.4, -0.2) is 18.4 Å². The molecule has 1 spiro atoms. The molecular formula is C21H16N2O4. The van der Waals surface area contributed by atoms with Gasteiger partial charge in [-0.15, -0.1) is 0 Å². The van der Waals surface area contributed by atoms with Gasteiger partial charge in [0.2, 0.25) is 5.76 Å². The van der Waals surface area contributed by atoms with Crippen LogP contribution in [0.4, 0.5) is 5.69 Å². The lowest BCUT2D eigenvalue weighted by Gasteiger charge is -2.24. The summed E-state index contributed by atoms with van der Waals surface area (Å²) in [5, 5.41) is 3.13. The van der Waals surface area contributed by atoms with E-state index in [1.54, 1.807) is 41.3 Å². The highest BCUT2D eigenvalue weighted by Gasteiger charge is 2.60. The largest absolute Gasteiger partial charge is 0.450 e. The van der Waals surface area contributed by atoms with Crippen molar-refractivity contribution in [3.05, 3.63) is 75.6 Å². The van der Waals surface area contributed by atoms with Gasteiger partial charge in [-0.2, -0.15) is 0 Å². The highest BCUT2D eigenvalue weighted by molar-refractivity contribution is 6.17. The van der Waals surface area contributed by atoms with Crippen molar-refractivity contribution >= 4 is 28.5 Å². The molecule has 1 N–H and O–H groups in total. The monoisotopic (exact) mass is 360 g/mol. The first-order valence-corrected chi connectivity index (χ1v) is 8.90. The Labute approximate surface area is 154 Å². The molecule has 2 aliphatic heterocycles. The molecular weight excluding hydrogens is 344 g/mol. The summed E-state index contributed by atoms with van der Waals surface area (Å²) >= 11 is 0. The van der Waals surface area contributed by atoms with Crippen molar-refractivity contribution in [3.8, 4) is 0 Å². The van der Waals surface area contributed by atoms with Gasteiger partial charge in [-0.25, -0.2) is 0 Å². The van der Waals surface area contributed by atoms with Gasteiger partial charge in [0.1, 0.15) is 5.58 Å². The third kappa shape index (κ3) is 1.82. The molecule has 2 aliphatic rings. The van der Waals surface area contributed by atoms with Crippen LogP contribution >= 0.6 is 0 Å². The van der Waals surface area contributed by atoms with E-state index in [0.717, 1.165) is 6.42 Å². The van der Waals surface area contributed by atoms with E-state index in [4.69, 9.17) is 4.42 Å². The molecule has 2 amide bonds. The molecule has 0 unspecified atom stereocenters. The maximum absolute atomic E-state index is 13.5. The first kappa shape index (κ1) is 15.8. The number of carbonyl (C=O) groups excluding carboxylic acids is 2. The molecule has 0 saturated heterocycles. The quantitative estimate of drug-likeness (QED) is 0.762. The SMILES string of the molecule is CCCN1C(=O)[C@]2(NC(=O)c3oc4ccccc4c(=O)c32)c2ccccc21. The number of anilines is 1. The van der Waals surface area contributed by atoms with Crippen LogP contribution in [0.1, 0.15) is 35.0 Å². The van der Waals surface area contributed by atoms with Crippen LogP contribution in [0.15, 0.2) is 57.7 Å². The maximum atomic E-state index is 13.5. The Hall–Kier alpha value is -3.41. The van der Waals surface area contributed by atoms with Gasteiger partial charge in [0.05, 0.1) is 16.6 Å². The van der Waals surface area contributed by atoms with Crippen molar-refractivity contribution in [2.45, 2.75) is 18.9 Å². The van der Waals surface area contributed by atoms with Crippen LogP contribution in [0.25, 0.3) is 11.0 Å². The molecule has 2 aromatic carbocycles. The zero-order valence-electron chi connectivity index (χ0n) is 14.6. The first-order chi connectivity index (χ1) is 13.1. The minimum absolute atomic E-state index is 0.0831. The van der Waals surface area contributed by atoms with Gasteiger partial charge in [0, 0.05) is 12.1 Å². The van der Waals surface area contributed by atoms with Crippen LogP contribution in [0.2, 0.25) is 0 Å². The lowest BCUT2D eigenvalue weighted by atomic mass is 9.85. The van der Waals surface area contributed by atoms with E-state index >= 15 is 0 Å². The molecule has 1 aromatic heterocycles. The fraction of sp³-hybridized carbons (Fsp3) is 0.190. The molecule has 0 radical (unpaired) electrons. The summed E-state index contributed by atoms with van der Waals surface area (Å²) in [5.74, 6) is -0.949. The smallest absolute Gasteiger partial charge is 0.288 e. The number of hydrogen-bond acceptors (Lipinski definition) is 4. The lowest BCUT2D eigenvalue weighted by molar-refractivity contribution is -0.122. The van der Waals surface area contributed by atoms with E-state index in [0.29, 0.717) is 28.8 Å². The maximum Gasteiger partial charge on any atom is 0.288 e. The zero-order valence-corrected chi connectivity index (χ0v) is 14.6. The summed E-state index contributed by atoms with van der Waals surface area (Å²) in [6.07, 6.45) is 0.753. The summed E-state index contributed by atoms with van der Waals surface area (Å²) in [6.45, 7) is 2.48. The molecule has 6 nitrogen and oxygen atoms in total. The number of nitrogens with zero attached hydrogens (tertiary/aromatic N) is 1. The Bertz CT molecular complexity index is 1200. The molecule has 0 aliphatic carbocycles. The molecule has 5 rings (SSSR count). The van der Waals surface area contributed by atoms with Crippen LogP contribution in [0.5, 0.6) is 0 Å². The van der Waals surface area contributed by atoms with Gasteiger partial charge >= 0.3 is 0 Å². The Morgan fingerprint density at radius 1 is 1.04 bits per heavy atom. The predicted molar refractivity (Wildman–Crippen MR) is 99.8 cm³/mol. The number of carbonyl (C=O) groups is 2. The van der Waals surface area contributed by atoms with E-state index in [9.17, 15) is 14.4 Å². The van der Waals surface area contributed by atoms with Gasteiger partial charge < -0.3 is 14.6 Å². The number of amides is 2. The fourth-order valence-corrected chi connectivity index (χ4v) is 4.19. The van der Waals surface area contributed by atoms with Crippen molar-refractivity contribution in [1.82, 2.24) is 5.32 Å². The molecule has 0 saturated carbocycles. The summed E-state index contributed by atoms with van der Waals surface area (Å²) < 4.78 is 5.76. The van der Waals surface area contributed by atoms with Crippen LogP contribution < -0.4 is 15.6 Å². The number of benzene rings is 2. The molecule has 1 atom stereocenters. The van der Waals surface area contributed by atoms with Gasteiger partial charge in [0.25, 0.3) is 11.8 Å². The minimum Gasteiger partial charge on any atom is -0.450 e. The number of rotatable bonds is 2. The standard InChI is InChI=1S/C21H16N2O4/c1-2-11-23-14-9-5-4-8-13(14)21(20(23)26)16-17(24)12-7-3-6-10-15(12)27-18(16)19(25)22-21/h3-10H,2,11H2,1H3,(H,22,25)/t21-/m0/s1. The van der Waals surface area contributed by atoms with E-state index in [1.165, 1.54) is 0 Å². The Morgan fingerprint density at radius 3 is 2.59 bits per heavy atom. The third-order valence-corrected chi connectivity index (χ3v) is 5.29. The van der Waals surface area contributed by atoms with Crippen molar-refractivity contribution < 1.29 is 14.0 Å². The van der Waals surface area contributed by atoms with Crippen LogP contribution in [0, 0.1) is 0 Å². The van der Waals surface area contributed by atoms with Crippen LogP contribution in [-0.2, 0) is 10.3 Å². The number of fused-ring (bicyclic) bond motifs is 5. The lowest BCUT2D eigenvalue weighted by Crippen LogP contribution is -2.51. The number of nitrogens with one attached hydrogen (secondary N) is 1. The second kappa shape index (κ2) is 5.30. The van der Waals surface area contributed by atoms with Gasteiger partial charge in [-0.3, -0.25) is 14.4 Å². The topological polar surface area (TPSA) is 79.6 Å². The fourth-order valence-electron chi connectivity index (χ4n) is 4.19. The van der Waals surface area contributed by atoms with Crippen molar-refractivity contribution in [2.24, 2.45) is 0 Å². The van der Waals surface area contributed by atoms with Gasteiger partial charge in [-0.05, 0) is 24.6 Å². The summed E-state index contributed by atoms with van der Waals surface area (Å²) in [6, 6.07) is 14.0. The molecule has 134 valence electrons. The van der Waals surface area contributed by atoms with E-state index in [-0.39, 0.29) is 22.7 Å². The average molecular weight is 360 g/mol. The predicted octanol–water partition coefficient (Wildman–Crippen LogP) is 2.54. The second-order valence-electron chi connectivity index (χ2n) is 6.81. The van der Waals surface area contributed by atoms with Crippen molar-refractivity contribution in [2.75, 3.05) is 11.4 Å². The molecule has 0 fully saturated rings. The van der Waals surface area contributed by atoms with E-state index < -0.39 is 11.4 Å². The molecule has 6 heteroatoms. The normalized spacial score (nSPS) is 20.3. The summed E-state index contributed by atoms with van der Waals surface area (Å²) in [4.78, 5) is 41.2. The summed E-state index contributed by atoms with van der Waals surface area (Å²) in [5.41, 5.74) is -0.141. The van der Waals surface area contributed by atoms with Crippen LogP contribution in [0.3, 0.4) is 0 Å². The minimum atomic E-state index is -1.53. The Kier molecular flexibility index (Phi) is 3.10. The molecule has 27 heavy (non-hydrogen) atoms. The van der Waals surface area contributed by atoms with Crippen molar-refractivity contribution in [3.63, 3.8) is 0 Å². The second-order valence-corrected chi connectivity index (χ2v) is 6.81. The summed E-state index contributed by atoms with van der Waals surface area (Å²) in [7, 11) is 0. The Balaban J connectivity index is 1.89. The average Bonchev–Trinajstić information content (AvgIpc) is 3.11. The number of hydrogen-bond donors (Lipinski definition) is 1. The van der Waals surface area contributed by atoms with Gasteiger partial charge in [0.15, 0.2) is 11.0 Å². The Morgan fingerprint density at radius 2 is 1.78 bits per heavy atom. The highest BCUT2D eigenvalue weighted by atomic mass is 16.3.